The third-order valence-corrected chi connectivity index (χ3v) is 5.56. The average Bonchev–Trinajstić information content (AvgIpc) is 3.17. The fourth-order valence-corrected chi connectivity index (χ4v) is 3.74. The third-order valence-electron chi connectivity index (χ3n) is 5.29. The van der Waals surface area contributed by atoms with Crippen LogP contribution in [0.4, 0.5) is 11.5 Å². The zero-order valence-electron chi connectivity index (χ0n) is 18.7. The van der Waals surface area contributed by atoms with Crippen LogP contribution in [0.15, 0.2) is 35.3 Å². The van der Waals surface area contributed by atoms with Gasteiger partial charge in [-0.1, -0.05) is 11.6 Å². The van der Waals surface area contributed by atoms with Crippen LogP contribution in [-0.2, 0) is 13.6 Å². The molecule has 3 heterocycles. The number of hydrogen-bond donors (Lipinski definition) is 2. The van der Waals surface area contributed by atoms with E-state index in [1.54, 1.807) is 34.7 Å². The van der Waals surface area contributed by atoms with Crippen LogP contribution in [0.5, 0.6) is 0 Å². The van der Waals surface area contributed by atoms with E-state index in [1.807, 2.05) is 38.1 Å². The summed E-state index contributed by atoms with van der Waals surface area (Å²) < 4.78 is 4.93. The van der Waals surface area contributed by atoms with Gasteiger partial charge in [0, 0.05) is 25.0 Å². The molecule has 0 aliphatic carbocycles. The van der Waals surface area contributed by atoms with Crippen LogP contribution in [0.25, 0.3) is 17.0 Å². The van der Waals surface area contributed by atoms with Crippen molar-refractivity contribution in [1.82, 2.24) is 28.9 Å². The molecule has 0 amide bonds. The number of anilines is 2. The Hall–Kier alpha value is -3.17. The van der Waals surface area contributed by atoms with E-state index >= 15 is 0 Å². The van der Waals surface area contributed by atoms with Gasteiger partial charge in [-0.2, -0.15) is 10.1 Å². The standard InChI is InChI=1S/C22H26ClN7O2/c1-13-10-14(2)30(27-13)20-24-12-16(23)19(26-20)25-15-6-7-17-18(11-15)29(21(31)28(17)5)9-8-22(3,4)32/h6-7,10-12,32H,8-9H2,1-5H3,(H,24,25,26). The molecule has 0 aliphatic heterocycles. The van der Waals surface area contributed by atoms with E-state index in [0.29, 0.717) is 29.8 Å². The van der Waals surface area contributed by atoms with E-state index in [0.717, 1.165) is 28.1 Å². The monoisotopic (exact) mass is 455 g/mol. The van der Waals surface area contributed by atoms with Gasteiger partial charge < -0.3 is 10.4 Å². The van der Waals surface area contributed by atoms with Gasteiger partial charge in [0.1, 0.15) is 5.02 Å². The molecule has 2 N–H and O–H groups in total. The van der Waals surface area contributed by atoms with E-state index < -0.39 is 5.60 Å². The Kier molecular flexibility index (Phi) is 5.56. The molecule has 4 aromatic rings. The zero-order chi connectivity index (χ0) is 23.2. The summed E-state index contributed by atoms with van der Waals surface area (Å²) in [6.07, 6.45) is 1.98. The van der Waals surface area contributed by atoms with Crippen LogP contribution in [0.2, 0.25) is 5.02 Å². The number of benzene rings is 1. The highest BCUT2D eigenvalue weighted by Gasteiger charge is 2.17. The zero-order valence-corrected chi connectivity index (χ0v) is 19.5. The van der Waals surface area contributed by atoms with Gasteiger partial charge >= 0.3 is 5.69 Å². The van der Waals surface area contributed by atoms with Crippen molar-refractivity contribution in [3.05, 3.63) is 57.4 Å². The first-order chi connectivity index (χ1) is 15.0. The third kappa shape index (κ3) is 4.26. The minimum absolute atomic E-state index is 0.131. The van der Waals surface area contributed by atoms with E-state index in [1.165, 1.54) is 6.20 Å². The van der Waals surface area contributed by atoms with Gasteiger partial charge in [0.2, 0.25) is 0 Å². The summed E-state index contributed by atoms with van der Waals surface area (Å²) in [7, 11) is 1.74. The topological polar surface area (TPSA) is 103 Å². The van der Waals surface area contributed by atoms with Crippen molar-refractivity contribution in [1.29, 1.82) is 0 Å². The molecule has 168 valence electrons. The molecule has 0 aliphatic rings. The van der Waals surface area contributed by atoms with Gasteiger partial charge in [-0.25, -0.2) is 14.5 Å². The molecule has 0 saturated heterocycles. The number of halogens is 1. The quantitative estimate of drug-likeness (QED) is 0.461. The first kappa shape index (κ1) is 22.0. The number of nitrogens with one attached hydrogen (secondary N) is 1. The number of aryl methyl sites for hydroxylation is 4. The summed E-state index contributed by atoms with van der Waals surface area (Å²) in [4.78, 5) is 21.6. The van der Waals surface area contributed by atoms with Crippen molar-refractivity contribution in [3.8, 4) is 5.95 Å². The lowest BCUT2D eigenvalue weighted by atomic mass is 10.1. The average molecular weight is 456 g/mol. The number of hydrogen-bond acceptors (Lipinski definition) is 6. The van der Waals surface area contributed by atoms with Gasteiger partial charge in [-0.3, -0.25) is 9.13 Å². The molecule has 0 fully saturated rings. The predicted molar refractivity (Wildman–Crippen MR) is 125 cm³/mol. The first-order valence-corrected chi connectivity index (χ1v) is 10.7. The highest BCUT2D eigenvalue weighted by molar-refractivity contribution is 6.32. The Labute approximate surface area is 190 Å². The highest BCUT2D eigenvalue weighted by atomic mass is 35.5. The van der Waals surface area contributed by atoms with Gasteiger partial charge in [-0.15, -0.1) is 0 Å². The van der Waals surface area contributed by atoms with Crippen molar-refractivity contribution in [3.63, 3.8) is 0 Å². The summed E-state index contributed by atoms with van der Waals surface area (Å²) in [6.45, 7) is 7.70. The van der Waals surface area contributed by atoms with Gasteiger partial charge in [0.15, 0.2) is 5.82 Å². The van der Waals surface area contributed by atoms with Crippen molar-refractivity contribution in [2.75, 3.05) is 5.32 Å². The molecule has 1 aromatic carbocycles. The summed E-state index contributed by atoms with van der Waals surface area (Å²) in [5.41, 5.74) is 3.06. The van der Waals surface area contributed by atoms with E-state index in [2.05, 4.69) is 20.4 Å². The molecule has 32 heavy (non-hydrogen) atoms. The van der Waals surface area contributed by atoms with Crippen LogP contribution >= 0.6 is 11.6 Å². The maximum Gasteiger partial charge on any atom is 0.328 e. The van der Waals surface area contributed by atoms with E-state index in [-0.39, 0.29) is 5.69 Å². The van der Waals surface area contributed by atoms with Crippen LogP contribution in [0.1, 0.15) is 31.7 Å². The fraction of sp³-hybridized carbons (Fsp3) is 0.364. The Morgan fingerprint density at radius 2 is 1.94 bits per heavy atom. The molecule has 0 unspecified atom stereocenters. The van der Waals surface area contributed by atoms with Crippen molar-refractivity contribution < 1.29 is 5.11 Å². The molecule has 0 radical (unpaired) electrons. The fourth-order valence-electron chi connectivity index (χ4n) is 3.61. The number of fused-ring (bicyclic) bond motifs is 1. The molecule has 0 saturated carbocycles. The second-order valence-electron chi connectivity index (χ2n) is 8.59. The summed E-state index contributed by atoms with van der Waals surface area (Å²) in [5.74, 6) is 0.843. The minimum Gasteiger partial charge on any atom is -0.390 e. The highest BCUT2D eigenvalue weighted by Crippen LogP contribution is 2.26. The Morgan fingerprint density at radius 1 is 1.19 bits per heavy atom. The van der Waals surface area contributed by atoms with Gasteiger partial charge in [-0.05, 0) is 58.4 Å². The number of nitrogens with zero attached hydrogens (tertiary/aromatic N) is 6. The van der Waals surface area contributed by atoms with E-state index in [4.69, 9.17) is 11.6 Å². The SMILES string of the molecule is Cc1cc(C)n(-c2ncc(Cl)c(Nc3ccc4c(c3)n(CCC(C)(C)O)c(=O)n4C)n2)n1. The first-order valence-electron chi connectivity index (χ1n) is 10.3. The summed E-state index contributed by atoms with van der Waals surface area (Å²) in [6, 6.07) is 7.56. The Balaban J connectivity index is 1.71. The molecule has 0 bridgehead atoms. The maximum atomic E-state index is 12.7. The number of aliphatic hydroxyl groups is 1. The number of rotatable bonds is 6. The molecule has 3 aromatic heterocycles. The number of aromatic nitrogens is 6. The molecule has 0 atom stereocenters. The van der Waals surface area contributed by atoms with Crippen LogP contribution in [0.3, 0.4) is 0 Å². The van der Waals surface area contributed by atoms with Gasteiger partial charge in [0.05, 0.1) is 28.5 Å². The molecule has 4 rings (SSSR count). The summed E-state index contributed by atoms with van der Waals surface area (Å²) >= 11 is 6.35. The normalized spacial score (nSPS) is 12.0. The molecule has 9 nitrogen and oxygen atoms in total. The van der Waals surface area contributed by atoms with Crippen LogP contribution < -0.4 is 11.0 Å². The smallest absolute Gasteiger partial charge is 0.328 e. The Morgan fingerprint density at radius 3 is 2.59 bits per heavy atom. The largest absolute Gasteiger partial charge is 0.390 e. The lowest BCUT2D eigenvalue weighted by Gasteiger charge is -2.17. The molecule has 0 spiro atoms. The van der Waals surface area contributed by atoms with Crippen LogP contribution in [-0.4, -0.2) is 39.6 Å². The molecule has 10 heteroatoms. The second-order valence-corrected chi connectivity index (χ2v) is 9.00. The van der Waals surface area contributed by atoms with Crippen molar-refractivity contribution in [2.45, 2.75) is 46.3 Å². The second kappa shape index (κ2) is 8.07. The van der Waals surface area contributed by atoms with Gasteiger partial charge in [0.25, 0.3) is 5.95 Å². The maximum absolute atomic E-state index is 12.7. The minimum atomic E-state index is -0.870. The lowest BCUT2D eigenvalue weighted by molar-refractivity contribution is 0.0662. The predicted octanol–water partition coefficient (Wildman–Crippen LogP) is 3.49. The van der Waals surface area contributed by atoms with Crippen LogP contribution in [0, 0.1) is 13.8 Å². The van der Waals surface area contributed by atoms with E-state index in [9.17, 15) is 9.90 Å². The Bertz CT molecular complexity index is 1360. The molecular formula is C22H26ClN7O2. The van der Waals surface area contributed by atoms with Crippen molar-refractivity contribution >= 4 is 34.1 Å². The lowest BCUT2D eigenvalue weighted by Crippen LogP contribution is -2.27. The van der Waals surface area contributed by atoms with Crippen molar-refractivity contribution in [2.24, 2.45) is 7.05 Å². The summed E-state index contributed by atoms with van der Waals surface area (Å²) in [5, 5.41) is 18.1. The number of imidazole rings is 1. The molecular weight excluding hydrogens is 430 g/mol.